The summed E-state index contributed by atoms with van der Waals surface area (Å²) in [4.78, 5) is 11.3. The van der Waals surface area contributed by atoms with Crippen molar-refractivity contribution in [2.75, 3.05) is 17.6 Å². The number of benzene rings is 1. The van der Waals surface area contributed by atoms with E-state index in [9.17, 15) is 4.79 Å². The Kier molecular flexibility index (Phi) is 8.32. The van der Waals surface area contributed by atoms with E-state index in [0.717, 1.165) is 18.7 Å². The molecule has 0 bridgehead atoms. The van der Waals surface area contributed by atoms with Gasteiger partial charge in [-0.2, -0.15) is 0 Å². The van der Waals surface area contributed by atoms with Gasteiger partial charge in [-0.1, -0.05) is 51.9 Å². The Morgan fingerprint density at radius 1 is 1.05 bits per heavy atom. The monoisotopic (exact) mass is 291 g/mol. The molecule has 0 saturated carbocycles. The van der Waals surface area contributed by atoms with E-state index < -0.39 is 5.91 Å². The summed E-state index contributed by atoms with van der Waals surface area (Å²) in [5.41, 5.74) is 13.0. The van der Waals surface area contributed by atoms with Crippen LogP contribution in [0.3, 0.4) is 0 Å². The van der Waals surface area contributed by atoms with Crippen LogP contribution in [0.25, 0.3) is 0 Å². The molecule has 1 aromatic rings. The number of hydrogen-bond acceptors (Lipinski definition) is 3. The van der Waals surface area contributed by atoms with Crippen LogP contribution in [-0.2, 0) is 0 Å². The average Bonchev–Trinajstić information content (AvgIpc) is 2.45. The average molecular weight is 291 g/mol. The van der Waals surface area contributed by atoms with Crippen LogP contribution >= 0.6 is 0 Å². The van der Waals surface area contributed by atoms with Gasteiger partial charge in [-0.25, -0.2) is 0 Å². The smallest absolute Gasteiger partial charge is 0.250 e. The first-order valence-corrected chi connectivity index (χ1v) is 8.08. The summed E-state index contributed by atoms with van der Waals surface area (Å²) in [7, 11) is 0. The number of nitrogens with one attached hydrogen (secondary N) is 1. The molecule has 0 radical (unpaired) electrons. The fourth-order valence-electron chi connectivity index (χ4n) is 2.40. The van der Waals surface area contributed by atoms with E-state index in [-0.39, 0.29) is 0 Å². The maximum absolute atomic E-state index is 11.3. The Balaban J connectivity index is 2.21. The Labute approximate surface area is 128 Å². The predicted octanol–water partition coefficient (Wildman–Crippen LogP) is 3.92. The van der Waals surface area contributed by atoms with E-state index in [1.807, 2.05) is 0 Å². The highest BCUT2D eigenvalue weighted by Crippen LogP contribution is 2.19. The number of unbranched alkanes of at least 4 members (excludes halogenated alkanes) is 7. The number of nitrogens with two attached hydrogens (primary N) is 2. The lowest BCUT2D eigenvalue weighted by atomic mass is 10.1. The lowest BCUT2D eigenvalue weighted by molar-refractivity contribution is 0.100. The lowest BCUT2D eigenvalue weighted by Gasteiger charge is -2.11. The minimum absolute atomic E-state index is 0.423. The van der Waals surface area contributed by atoms with Crippen LogP contribution in [-0.4, -0.2) is 12.5 Å². The molecule has 4 heteroatoms. The van der Waals surface area contributed by atoms with Crippen LogP contribution in [0, 0.1) is 0 Å². The first kappa shape index (κ1) is 17.3. The Morgan fingerprint density at radius 3 is 2.29 bits per heavy atom. The molecule has 4 nitrogen and oxygen atoms in total. The van der Waals surface area contributed by atoms with Gasteiger partial charge < -0.3 is 16.8 Å². The molecule has 1 aromatic carbocycles. The molecule has 0 atom stereocenters. The van der Waals surface area contributed by atoms with Crippen molar-refractivity contribution >= 4 is 17.3 Å². The van der Waals surface area contributed by atoms with Crippen LogP contribution in [0.4, 0.5) is 11.4 Å². The second kappa shape index (κ2) is 10.1. The fraction of sp³-hybridized carbons (Fsp3) is 0.588. The van der Waals surface area contributed by atoms with E-state index >= 15 is 0 Å². The van der Waals surface area contributed by atoms with Gasteiger partial charge in [-0.3, -0.25) is 4.79 Å². The van der Waals surface area contributed by atoms with Crippen LogP contribution in [0.1, 0.15) is 68.6 Å². The van der Waals surface area contributed by atoms with Gasteiger partial charge in [0, 0.05) is 17.9 Å². The quantitative estimate of drug-likeness (QED) is 0.427. The van der Waals surface area contributed by atoms with Gasteiger partial charge in [0.05, 0.1) is 5.56 Å². The van der Waals surface area contributed by atoms with Crippen LogP contribution < -0.4 is 16.8 Å². The molecule has 1 rings (SSSR count). The number of primary amides is 1. The third-order valence-electron chi connectivity index (χ3n) is 3.65. The number of nitrogen functional groups attached to an aromatic ring is 1. The van der Waals surface area contributed by atoms with Crippen molar-refractivity contribution in [2.24, 2.45) is 5.73 Å². The zero-order valence-electron chi connectivity index (χ0n) is 13.2. The van der Waals surface area contributed by atoms with Gasteiger partial charge in [0.25, 0.3) is 5.91 Å². The highest BCUT2D eigenvalue weighted by atomic mass is 16.1. The maximum atomic E-state index is 11.3. The predicted molar refractivity (Wildman–Crippen MR) is 90.5 cm³/mol. The van der Waals surface area contributed by atoms with Crippen molar-refractivity contribution in [3.8, 4) is 0 Å². The first-order chi connectivity index (χ1) is 10.1. The number of hydrogen-bond donors (Lipinski definition) is 3. The van der Waals surface area contributed by atoms with Gasteiger partial charge in [0.15, 0.2) is 0 Å². The Hall–Kier alpha value is -1.71. The van der Waals surface area contributed by atoms with E-state index in [1.54, 1.807) is 18.2 Å². The number of rotatable bonds is 11. The van der Waals surface area contributed by atoms with Gasteiger partial charge in [0.1, 0.15) is 0 Å². The normalized spacial score (nSPS) is 10.5. The first-order valence-electron chi connectivity index (χ1n) is 8.08. The van der Waals surface area contributed by atoms with E-state index in [2.05, 4.69) is 12.2 Å². The largest absolute Gasteiger partial charge is 0.399 e. The molecule has 0 saturated heterocycles. The van der Waals surface area contributed by atoms with Crippen LogP contribution in [0.2, 0.25) is 0 Å². The van der Waals surface area contributed by atoms with Crippen molar-refractivity contribution in [3.63, 3.8) is 0 Å². The Morgan fingerprint density at radius 2 is 1.67 bits per heavy atom. The maximum Gasteiger partial charge on any atom is 0.250 e. The van der Waals surface area contributed by atoms with E-state index in [4.69, 9.17) is 11.5 Å². The number of anilines is 2. The minimum atomic E-state index is -0.423. The van der Waals surface area contributed by atoms with Gasteiger partial charge in [0.2, 0.25) is 0 Å². The highest BCUT2D eigenvalue weighted by Gasteiger charge is 2.07. The van der Waals surface area contributed by atoms with E-state index in [1.165, 1.54) is 44.9 Å². The summed E-state index contributed by atoms with van der Waals surface area (Å²) in [6.07, 6.45) is 10.3. The third kappa shape index (κ3) is 7.02. The van der Waals surface area contributed by atoms with Gasteiger partial charge in [-0.15, -0.1) is 0 Å². The molecule has 0 unspecified atom stereocenters. The molecule has 118 valence electrons. The van der Waals surface area contributed by atoms with E-state index in [0.29, 0.717) is 11.3 Å². The Bertz CT molecular complexity index is 432. The lowest BCUT2D eigenvalue weighted by Crippen LogP contribution is -2.15. The zero-order valence-corrected chi connectivity index (χ0v) is 13.2. The van der Waals surface area contributed by atoms with Crippen LogP contribution in [0.5, 0.6) is 0 Å². The molecule has 0 aliphatic carbocycles. The number of carbonyl (C=O) groups excluding carboxylic acids is 1. The fourth-order valence-corrected chi connectivity index (χ4v) is 2.40. The van der Waals surface area contributed by atoms with Gasteiger partial charge >= 0.3 is 0 Å². The molecule has 21 heavy (non-hydrogen) atoms. The molecule has 0 spiro atoms. The zero-order chi connectivity index (χ0) is 15.5. The topological polar surface area (TPSA) is 81.1 Å². The summed E-state index contributed by atoms with van der Waals surface area (Å²) < 4.78 is 0. The van der Waals surface area contributed by atoms with Crippen molar-refractivity contribution in [1.29, 1.82) is 0 Å². The van der Waals surface area contributed by atoms with Gasteiger partial charge in [-0.05, 0) is 24.6 Å². The molecule has 0 aromatic heterocycles. The molecule has 0 aliphatic rings. The van der Waals surface area contributed by atoms with Crippen molar-refractivity contribution in [2.45, 2.75) is 58.3 Å². The van der Waals surface area contributed by atoms with Crippen molar-refractivity contribution < 1.29 is 4.79 Å². The molecule has 0 aliphatic heterocycles. The summed E-state index contributed by atoms with van der Waals surface area (Å²) in [6.45, 7) is 3.08. The molecular formula is C17H29N3O. The second-order valence-electron chi connectivity index (χ2n) is 5.57. The number of amides is 1. The standard InChI is InChI=1S/C17H29N3O/c1-2-3-4-5-6-7-8-9-12-20-16-13-14(18)10-11-15(16)17(19)21/h10-11,13,20H,2-9,12,18H2,1H3,(H2,19,21). The molecule has 0 fully saturated rings. The summed E-state index contributed by atoms with van der Waals surface area (Å²) in [5, 5.41) is 3.27. The summed E-state index contributed by atoms with van der Waals surface area (Å²) >= 11 is 0. The second-order valence-corrected chi connectivity index (χ2v) is 5.57. The SMILES string of the molecule is CCCCCCCCCCNc1cc(N)ccc1C(N)=O. The van der Waals surface area contributed by atoms with Crippen LogP contribution in [0.15, 0.2) is 18.2 Å². The highest BCUT2D eigenvalue weighted by molar-refractivity contribution is 5.99. The molecule has 0 heterocycles. The molecule has 1 amide bonds. The summed E-state index contributed by atoms with van der Waals surface area (Å²) in [6, 6.07) is 5.14. The number of carbonyl (C=O) groups is 1. The summed E-state index contributed by atoms with van der Waals surface area (Å²) in [5.74, 6) is -0.423. The van der Waals surface area contributed by atoms with Crippen molar-refractivity contribution in [3.05, 3.63) is 23.8 Å². The molecular weight excluding hydrogens is 262 g/mol. The van der Waals surface area contributed by atoms with Crippen molar-refractivity contribution in [1.82, 2.24) is 0 Å². The third-order valence-corrected chi connectivity index (χ3v) is 3.65. The molecule has 5 N–H and O–H groups in total. The minimum Gasteiger partial charge on any atom is -0.399 e.